The Morgan fingerprint density at radius 3 is 2.50 bits per heavy atom. The van der Waals surface area contributed by atoms with Crippen molar-refractivity contribution in [2.75, 3.05) is 26.8 Å². The molecule has 14 heavy (non-hydrogen) atoms. The van der Waals surface area contributed by atoms with Crippen LogP contribution in [0.3, 0.4) is 0 Å². The lowest BCUT2D eigenvalue weighted by Crippen LogP contribution is -2.20. The third-order valence-electron chi connectivity index (χ3n) is 4.34. The molecule has 2 unspecified atom stereocenters. The van der Waals surface area contributed by atoms with Crippen molar-refractivity contribution >= 4 is 0 Å². The van der Waals surface area contributed by atoms with Crippen LogP contribution in [-0.2, 0) is 4.74 Å². The van der Waals surface area contributed by atoms with Gasteiger partial charge in [-0.05, 0) is 49.6 Å². The Morgan fingerprint density at radius 2 is 1.93 bits per heavy atom. The highest BCUT2D eigenvalue weighted by atomic mass is 16.5. The zero-order valence-corrected chi connectivity index (χ0v) is 9.68. The van der Waals surface area contributed by atoms with Gasteiger partial charge in [-0.25, -0.2) is 0 Å². The van der Waals surface area contributed by atoms with Gasteiger partial charge in [0, 0.05) is 13.2 Å². The lowest BCUT2D eigenvalue weighted by atomic mass is 9.90. The first-order valence-electron chi connectivity index (χ1n) is 5.90. The van der Waals surface area contributed by atoms with E-state index in [1.807, 2.05) is 0 Å². The zero-order chi connectivity index (χ0) is 10.2. The summed E-state index contributed by atoms with van der Waals surface area (Å²) in [6.07, 6.45) is 2.57. The Hall–Kier alpha value is -0.0800. The van der Waals surface area contributed by atoms with Crippen LogP contribution in [0.4, 0.5) is 0 Å². The van der Waals surface area contributed by atoms with E-state index in [2.05, 4.69) is 26.2 Å². The van der Waals surface area contributed by atoms with E-state index in [4.69, 9.17) is 4.74 Å². The molecule has 0 aromatic carbocycles. The van der Waals surface area contributed by atoms with Crippen LogP contribution >= 0.6 is 0 Å². The van der Waals surface area contributed by atoms with Crippen molar-refractivity contribution in [1.29, 1.82) is 0 Å². The fraction of sp³-hybridized carbons (Fsp3) is 1.00. The minimum Gasteiger partial charge on any atom is -0.381 e. The Balaban J connectivity index is 1.91. The monoisotopic (exact) mass is 197 g/mol. The molecule has 1 saturated heterocycles. The topological polar surface area (TPSA) is 21.3 Å². The van der Waals surface area contributed by atoms with Crippen molar-refractivity contribution in [1.82, 2.24) is 5.32 Å². The van der Waals surface area contributed by atoms with Crippen molar-refractivity contribution in [2.45, 2.75) is 26.7 Å². The van der Waals surface area contributed by atoms with Crippen LogP contribution in [0.2, 0.25) is 0 Å². The summed E-state index contributed by atoms with van der Waals surface area (Å²) >= 11 is 0. The van der Waals surface area contributed by atoms with Gasteiger partial charge >= 0.3 is 0 Å². The molecule has 1 aliphatic carbocycles. The maximum Gasteiger partial charge on any atom is 0.0468 e. The van der Waals surface area contributed by atoms with Gasteiger partial charge in [-0.3, -0.25) is 0 Å². The van der Waals surface area contributed by atoms with Crippen LogP contribution < -0.4 is 5.32 Å². The minimum absolute atomic E-state index is 0.574. The molecule has 0 aromatic rings. The molecular weight excluding hydrogens is 174 g/mol. The van der Waals surface area contributed by atoms with Gasteiger partial charge in [-0.2, -0.15) is 0 Å². The first-order valence-corrected chi connectivity index (χ1v) is 5.90. The quantitative estimate of drug-likeness (QED) is 0.746. The van der Waals surface area contributed by atoms with E-state index in [0.29, 0.717) is 5.41 Å². The second kappa shape index (κ2) is 3.82. The van der Waals surface area contributed by atoms with Gasteiger partial charge in [0.25, 0.3) is 0 Å². The number of rotatable bonds is 3. The number of hydrogen-bond acceptors (Lipinski definition) is 2. The standard InChI is InChI=1S/C12H23NO/c1-12(2)10(8-13-3)11(12)9-4-6-14-7-5-9/h9-11,13H,4-8H2,1-3H3. The van der Waals surface area contributed by atoms with E-state index < -0.39 is 0 Å². The second-order valence-corrected chi connectivity index (χ2v) is 5.46. The predicted molar refractivity (Wildman–Crippen MR) is 58.2 cm³/mol. The molecule has 2 fully saturated rings. The van der Waals surface area contributed by atoms with Crippen LogP contribution in [0.1, 0.15) is 26.7 Å². The number of ether oxygens (including phenoxy) is 1. The third kappa shape index (κ3) is 1.70. The van der Waals surface area contributed by atoms with Crippen molar-refractivity contribution in [3.63, 3.8) is 0 Å². The molecule has 1 saturated carbocycles. The molecule has 2 nitrogen and oxygen atoms in total. The predicted octanol–water partition coefficient (Wildman–Crippen LogP) is 1.90. The van der Waals surface area contributed by atoms with Crippen molar-refractivity contribution < 1.29 is 4.74 Å². The van der Waals surface area contributed by atoms with Gasteiger partial charge in [-0.1, -0.05) is 13.8 Å². The van der Waals surface area contributed by atoms with Gasteiger partial charge in [0.2, 0.25) is 0 Å². The van der Waals surface area contributed by atoms with Gasteiger partial charge in [-0.15, -0.1) is 0 Å². The Morgan fingerprint density at radius 1 is 1.29 bits per heavy atom. The first kappa shape index (κ1) is 10.4. The molecule has 0 amide bonds. The van der Waals surface area contributed by atoms with E-state index >= 15 is 0 Å². The van der Waals surface area contributed by atoms with Crippen LogP contribution in [0.25, 0.3) is 0 Å². The SMILES string of the molecule is CNCC1C(C2CCOCC2)C1(C)C. The third-order valence-corrected chi connectivity index (χ3v) is 4.34. The highest BCUT2D eigenvalue weighted by molar-refractivity contribution is 5.08. The van der Waals surface area contributed by atoms with Crippen LogP contribution in [-0.4, -0.2) is 26.8 Å². The lowest BCUT2D eigenvalue weighted by molar-refractivity contribution is 0.0550. The molecule has 82 valence electrons. The van der Waals surface area contributed by atoms with E-state index in [9.17, 15) is 0 Å². The van der Waals surface area contributed by atoms with Gasteiger partial charge in [0.1, 0.15) is 0 Å². The van der Waals surface area contributed by atoms with E-state index in [1.165, 1.54) is 19.4 Å². The maximum atomic E-state index is 5.43. The highest BCUT2D eigenvalue weighted by Crippen LogP contribution is 2.62. The lowest BCUT2D eigenvalue weighted by Gasteiger charge is -2.23. The largest absolute Gasteiger partial charge is 0.381 e. The number of nitrogens with one attached hydrogen (secondary N) is 1. The summed E-state index contributed by atoms with van der Waals surface area (Å²) < 4.78 is 5.43. The second-order valence-electron chi connectivity index (χ2n) is 5.46. The highest BCUT2D eigenvalue weighted by Gasteiger charge is 2.59. The van der Waals surface area contributed by atoms with Crippen molar-refractivity contribution in [3.8, 4) is 0 Å². The molecule has 2 atom stereocenters. The summed E-state index contributed by atoms with van der Waals surface area (Å²) in [5.74, 6) is 2.77. The van der Waals surface area contributed by atoms with E-state index in [1.54, 1.807) is 0 Å². The summed E-state index contributed by atoms with van der Waals surface area (Å²) in [7, 11) is 2.06. The maximum absolute atomic E-state index is 5.43. The normalized spacial score (nSPS) is 37.1. The Bertz CT molecular complexity index is 196. The van der Waals surface area contributed by atoms with Crippen molar-refractivity contribution in [3.05, 3.63) is 0 Å². The fourth-order valence-corrected chi connectivity index (χ4v) is 3.41. The van der Waals surface area contributed by atoms with Crippen LogP contribution in [0, 0.1) is 23.2 Å². The van der Waals surface area contributed by atoms with Crippen LogP contribution in [0.5, 0.6) is 0 Å². The number of hydrogen-bond donors (Lipinski definition) is 1. The van der Waals surface area contributed by atoms with Crippen molar-refractivity contribution in [2.24, 2.45) is 23.2 Å². The Kier molecular flexibility index (Phi) is 2.85. The molecule has 0 spiro atoms. The molecular formula is C12H23NO. The summed E-state index contributed by atoms with van der Waals surface area (Å²) in [6.45, 7) is 8.02. The average molecular weight is 197 g/mol. The van der Waals surface area contributed by atoms with E-state index in [-0.39, 0.29) is 0 Å². The molecule has 0 aromatic heterocycles. The zero-order valence-electron chi connectivity index (χ0n) is 9.68. The Labute approximate surface area is 87.4 Å². The van der Waals surface area contributed by atoms with E-state index in [0.717, 1.165) is 31.0 Å². The molecule has 1 aliphatic heterocycles. The molecule has 0 bridgehead atoms. The van der Waals surface area contributed by atoms with Crippen LogP contribution in [0.15, 0.2) is 0 Å². The summed E-state index contributed by atoms with van der Waals surface area (Å²) in [5, 5.41) is 3.32. The molecule has 2 heteroatoms. The molecule has 0 radical (unpaired) electrons. The summed E-state index contributed by atoms with van der Waals surface area (Å²) in [5.41, 5.74) is 0.574. The molecule has 2 rings (SSSR count). The fourth-order valence-electron chi connectivity index (χ4n) is 3.41. The van der Waals surface area contributed by atoms with Gasteiger partial charge in [0.15, 0.2) is 0 Å². The summed E-state index contributed by atoms with van der Waals surface area (Å²) in [6, 6.07) is 0. The molecule has 1 N–H and O–H groups in total. The van der Waals surface area contributed by atoms with Gasteiger partial charge in [0.05, 0.1) is 0 Å². The first-order chi connectivity index (χ1) is 6.68. The molecule has 2 aliphatic rings. The summed E-state index contributed by atoms with van der Waals surface area (Å²) in [4.78, 5) is 0. The molecule has 1 heterocycles. The average Bonchev–Trinajstić information content (AvgIpc) is 2.71. The van der Waals surface area contributed by atoms with Gasteiger partial charge < -0.3 is 10.1 Å². The smallest absolute Gasteiger partial charge is 0.0468 e. The minimum atomic E-state index is 0.574.